The molecule has 0 saturated carbocycles. The Morgan fingerprint density at radius 1 is 1.50 bits per heavy atom. The maximum absolute atomic E-state index is 10.6. The molecule has 1 aromatic rings. The summed E-state index contributed by atoms with van der Waals surface area (Å²) in [5.74, 6) is -0.869. The van der Waals surface area contributed by atoms with Crippen LogP contribution < -0.4 is 0 Å². The van der Waals surface area contributed by atoms with E-state index >= 15 is 0 Å². The lowest BCUT2D eigenvalue weighted by atomic mass is 10.2. The van der Waals surface area contributed by atoms with E-state index in [1.54, 1.807) is 0 Å². The van der Waals surface area contributed by atoms with Crippen molar-refractivity contribution in [1.82, 2.24) is 4.98 Å². The summed E-state index contributed by atoms with van der Waals surface area (Å²) in [7, 11) is 1.48. The minimum atomic E-state index is -1.09. The highest BCUT2D eigenvalue weighted by Gasteiger charge is 2.07. The molecule has 0 aliphatic carbocycles. The molecule has 0 fully saturated rings. The lowest BCUT2D eigenvalue weighted by Gasteiger charge is -1.98. The van der Waals surface area contributed by atoms with Crippen LogP contribution in [0, 0.1) is 0 Å². The molecule has 7 nitrogen and oxygen atoms in total. The van der Waals surface area contributed by atoms with E-state index in [2.05, 4.69) is 32.1 Å². The third-order valence-electron chi connectivity index (χ3n) is 1.60. The molecule has 1 N–H and O–H groups in total. The van der Waals surface area contributed by atoms with E-state index in [4.69, 9.17) is 5.11 Å². The first-order valence-electron chi connectivity index (χ1n) is 4.22. The molecule has 0 aliphatic heterocycles. The summed E-state index contributed by atoms with van der Waals surface area (Å²) < 4.78 is 0. The number of rotatable bonds is 3. The second-order valence-corrected chi connectivity index (χ2v) is 2.60. The number of carboxylic acids is 1. The van der Waals surface area contributed by atoms with Gasteiger partial charge in [-0.25, -0.2) is 9.78 Å². The fourth-order valence-corrected chi connectivity index (χ4v) is 0.950. The maximum Gasteiger partial charge on any atom is 0.354 e. The molecule has 16 heavy (non-hydrogen) atoms. The summed E-state index contributed by atoms with van der Waals surface area (Å²) in [6.45, 7) is 3.20. The number of aromatic nitrogens is 1. The smallest absolute Gasteiger partial charge is 0.354 e. The molecular formula is C9H9N5O2. The van der Waals surface area contributed by atoms with Gasteiger partial charge in [-0.05, 0) is 12.1 Å². The standard InChI is InChI=1S/C9H9N5O2/c1-10-13-8(14-11-2)6-3-4-7(9(15)16)12-5-6/h3-5H,1H2,2H3,(H,15,16)/b13-8-,14-11?. The average molecular weight is 219 g/mol. The Kier molecular flexibility index (Phi) is 3.96. The Bertz CT molecular complexity index is 449. The fourth-order valence-electron chi connectivity index (χ4n) is 0.950. The lowest BCUT2D eigenvalue weighted by Crippen LogP contribution is -2.03. The van der Waals surface area contributed by atoms with Gasteiger partial charge in [0, 0.05) is 25.5 Å². The normalized spacial score (nSPS) is 11.7. The van der Waals surface area contributed by atoms with E-state index in [-0.39, 0.29) is 11.5 Å². The summed E-state index contributed by atoms with van der Waals surface area (Å²) in [6, 6.07) is 2.87. The summed E-state index contributed by atoms with van der Waals surface area (Å²) in [6.07, 6.45) is 1.34. The average Bonchev–Trinajstić information content (AvgIpc) is 2.29. The van der Waals surface area contributed by atoms with Crippen LogP contribution in [0.25, 0.3) is 0 Å². The zero-order chi connectivity index (χ0) is 12.0. The first-order chi connectivity index (χ1) is 7.69. The molecule has 0 spiro atoms. The van der Waals surface area contributed by atoms with E-state index in [0.717, 1.165) is 0 Å². The third-order valence-corrected chi connectivity index (χ3v) is 1.60. The van der Waals surface area contributed by atoms with Crippen LogP contribution in [0.4, 0.5) is 0 Å². The van der Waals surface area contributed by atoms with Gasteiger partial charge in [0.15, 0.2) is 0 Å². The molecule has 0 atom stereocenters. The van der Waals surface area contributed by atoms with Gasteiger partial charge in [0.1, 0.15) is 5.69 Å². The van der Waals surface area contributed by atoms with Gasteiger partial charge in [-0.2, -0.15) is 10.2 Å². The molecule has 0 radical (unpaired) electrons. The van der Waals surface area contributed by atoms with Gasteiger partial charge in [0.25, 0.3) is 0 Å². The summed E-state index contributed by atoms with van der Waals surface area (Å²) >= 11 is 0. The molecule has 1 heterocycles. The van der Waals surface area contributed by atoms with Crippen molar-refractivity contribution in [2.24, 2.45) is 20.4 Å². The van der Waals surface area contributed by atoms with Crippen molar-refractivity contribution < 1.29 is 9.90 Å². The largest absolute Gasteiger partial charge is 0.477 e. The van der Waals surface area contributed by atoms with Gasteiger partial charge in [-0.15, -0.1) is 10.2 Å². The van der Waals surface area contributed by atoms with Crippen molar-refractivity contribution in [2.45, 2.75) is 0 Å². The Balaban J connectivity index is 3.08. The Morgan fingerprint density at radius 2 is 2.25 bits per heavy atom. The van der Waals surface area contributed by atoms with Crippen molar-refractivity contribution >= 4 is 18.5 Å². The molecule has 1 aromatic heterocycles. The van der Waals surface area contributed by atoms with Gasteiger partial charge >= 0.3 is 5.97 Å². The van der Waals surface area contributed by atoms with E-state index in [1.165, 1.54) is 25.4 Å². The molecular weight excluding hydrogens is 210 g/mol. The molecule has 0 bridgehead atoms. The van der Waals surface area contributed by atoms with Gasteiger partial charge in [-0.3, -0.25) is 0 Å². The van der Waals surface area contributed by atoms with Crippen LogP contribution in [0.5, 0.6) is 0 Å². The molecule has 0 aliphatic rings. The molecule has 0 saturated heterocycles. The first-order valence-corrected chi connectivity index (χ1v) is 4.22. The van der Waals surface area contributed by atoms with Crippen molar-refractivity contribution in [3.05, 3.63) is 29.6 Å². The summed E-state index contributed by atoms with van der Waals surface area (Å²) in [5.41, 5.74) is 0.464. The van der Waals surface area contributed by atoms with Crippen LogP contribution in [0.15, 0.2) is 38.8 Å². The van der Waals surface area contributed by atoms with Gasteiger partial charge < -0.3 is 5.11 Å². The van der Waals surface area contributed by atoms with E-state index in [9.17, 15) is 4.79 Å². The highest BCUT2D eigenvalue weighted by molar-refractivity contribution is 5.99. The number of aromatic carboxylic acids is 1. The number of hydrogen-bond acceptors (Lipinski definition) is 5. The highest BCUT2D eigenvalue weighted by Crippen LogP contribution is 2.04. The minimum Gasteiger partial charge on any atom is -0.477 e. The summed E-state index contributed by atoms with van der Waals surface area (Å²) in [5, 5.41) is 22.9. The number of hydrogen-bond donors (Lipinski definition) is 1. The Hall–Kier alpha value is -2.44. The van der Waals surface area contributed by atoms with Gasteiger partial charge in [0.2, 0.25) is 5.84 Å². The highest BCUT2D eigenvalue weighted by atomic mass is 16.4. The quantitative estimate of drug-likeness (QED) is 0.358. The number of nitrogens with zero attached hydrogens (tertiary/aromatic N) is 5. The Labute approximate surface area is 91.3 Å². The van der Waals surface area contributed by atoms with E-state index in [0.29, 0.717) is 5.56 Å². The summed E-state index contributed by atoms with van der Waals surface area (Å²) in [4.78, 5) is 14.3. The van der Waals surface area contributed by atoms with Crippen LogP contribution in [0.1, 0.15) is 16.1 Å². The number of amidine groups is 1. The van der Waals surface area contributed by atoms with Crippen LogP contribution in [-0.2, 0) is 0 Å². The van der Waals surface area contributed by atoms with Crippen LogP contribution >= 0.6 is 0 Å². The Morgan fingerprint density at radius 3 is 2.69 bits per heavy atom. The van der Waals surface area contributed by atoms with Crippen molar-refractivity contribution in [2.75, 3.05) is 7.05 Å². The topological polar surface area (TPSA) is 99.6 Å². The van der Waals surface area contributed by atoms with E-state index in [1.807, 2.05) is 0 Å². The molecule has 1 rings (SSSR count). The SMILES string of the molecule is C=N/N=C(\N=NC)c1ccc(C(=O)O)nc1. The lowest BCUT2D eigenvalue weighted by molar-refractivity contribution is 0.0690. The second-order valence-electron chi connectivity index (χ2n) is 2.60. The fraction of sp³-hybridized carbons (Fsp3) is 0.111. The van der Waals surface area contributed by atoms with Crippen LogP contribution in [-0.4, -0.2) is 35.7 Å². The number of pyridine rings is 1. The first kappa shape index (κ1) is 11.6. The third kappa shape index (κ3) is 2.77. The monoisotopic (exact) mass is 219 g/mol. The van der Waals surface area contributed by atoms with Gasteiger partial charge in [0.05, 0.1) is 0 Å². The van der Waals surface area contributed by atoms with Crippen molar-refractivity contribution in [3.63, 3.8) is 0 Å². The van der Waals surface area contributed by atoms with Gasteiger partial charge in [-0.1, -0.05) is 0 Å². The zero-order valence-electron chi connectivity index (χ0n) is 8.53. The van der Waals surface area contributed by atoms with Crippen LogP contribution in [0.2, 0.25) is 0 Å². The second kappa shape index (κ2) is 5.44. The number of carbonyl (C=O) groups is 1. The maximum atomic E-state index is 10.6. The van der Waals surface area contributed by atoms with E-state index < -0.39 is 5.97 Å². The predicted molar refractivity (Wildman–Crippen MR) is 58.1 cm³/mol. The number of azo groups is 1. The zero-order valence-corrected chi connectivity index (χ0v) is 8.53. The molecule has 82 valence electrons. The molecule has 7 heteroatoms. The minimum absolute atomic E-state index is 0.0527. The molecule has 0 aromatic carbocycles. The molecule has 0 unspecified atom stereocenters. The van der Waals surface area contributed by atoms with Crippen LogP contribution in [0.3, 0.4) is 0 Å². The van der Waals surface area contributed by atoms with Crippen molar-refractivity contribution in [1.29, 1.82) is 0 Å². The van der Waals surface area contributed by atoms with Crippen molar-refractivity contribution in [3.8, 4) is 0 Å². The predicted octanol–water partition coefficient (Wildman–Crippen LogP) is 1.22. The molecule has 0 amide bonds. The number of carboxylic acid groups (broad SMARTS) is 1.